The molecule has 0 spiro atoms. The summed E-state index contributed by atoms with van der Waals surface area (Å²) in [7, 11) is 1.77. The molecule has 0 bridgehead atoms. The number of hydrogen-bond acceptors (Lipinski definition) is 4. The van der Waals surface area contributed by atoms with E-state index in [1.165, 1.54) is 25.9 Å². The van der Waals surface area contributed by atoms with Crippen molar-refractivity contribution >= 4 is 0 Å². The maximum absolute atomic E-state index is 5.97. The lowest BCUT2D eigenvalue weighted by molar-refractivity contribution is 0.0236. The van der Waals surface area contributed by atoms with E-state index < -0.39 is 0 Å². The van der Waals surface area contributed by atoms with Crippen molar-refractivity contribution in [1.29, 1.82) is 0 Å². The van der Waals surface area contributed by atoms with E-state index >= 15 is 0 Å². The van der Waals surface area contributed by atoms with Crippen LogP contribution in [0.15, 0.2) is 0 Å². The van der Waals surface area contributed by atoms with Crippen LogP contribution in [0.4, 0.5) is 0 Å². The minimum atomic E-state index is 0.117. The summed E-state index contributed by atoms with van der Waals surface area (Å²) < 4.78 is 5.21. The van der Waals surface area contributed by atoms with Gasteiger partial charge in [0.25, 0.3) is 0 Å². The predicted molar refractivity (Wildman–Crippen MR) is 70.1 cm³/mol. The second-order valence-electron chi connectivity index (χ2n) is 5.70. The van der Waals surface area contributed by atoms with Crippen LogP contribution in [0.3, 0.4) is 0 Å². The summed E-state index contributed by atoms with van der Waals surface area (Å²) in [5, 5.41) is 0. The quantitative estimate of drug-likeness (QED) is 0.736. The van der Waals surface area contributed by atoms with Gasteiger partial charge in [-0.1, -0.05) is 0 Å². The molecule has 1 aliphatic carbocycles. The highest BCUT2D eigenvalue weighted by molar-refractivity contribution is 4.93. The zero-order chi connectivity index (χ0) is 12.3. The van der Waals surface area contributed by atoms with E-state index in [9.17, 15) is 0 Å². The van der Waals surface area contributed by atoms with E-state index in [1.807, 2.05) is 0 Å². The molecule has 0 aromatic rings. The summed E-state index contributed by atoms with van der Waals surface area (Å²) in [5.74, 6) is 0. The first-order valence-electron chi connectivity index (χ1n) is 6.88. The van der Waals surface area contributed by atoms with Gasteiger partial charge in [-0.05, 0) is 26.2 Å². The third kappa shape index (κ3) is 3.19. The summed E-state index contributed by atoms with van der Waals surface area (Å²) in [5.41, 5.74) is 6.09. The molecule has 2 N–H and O–H groups in total. The summed E-state index contributed by atoms with van der Waals surface area (Å²) in [6.45, 7) is 8.55. The van der Waals surface area contributed by atoms with Crippen LogP contribution < -0.4 is 5.73 Å². The molecule has 1 aliphatic heterocycles. The molecule has 4 heteroatoms. The largest absolute Gasteiger partial charge is 0.385 e. The van der Waals surface area contributed by atoms with Gasteiger partial charge in [-0.3, -0.25) is 9.80 Å². The molecule has 1 unspecified atom stereocenters. The van der Waals surface area contributed by atoms with E-state index in [1.54, 1.807) is 7.11 Å². The molecule has 1 saturated carbocycles. The summed E-state index contributed by atoms with van der Waals surface area (Å²) in [6, 6.07) is 0.903. The molecule has 1 saturated heterocycles. The first-order valence-corrected chi connectivity index (χ1v) is 6.88. The van der Waals surface area contributed by atoms with E-state index in [2.05, 4.69) is 16.7 Å². The highest BCUT2D eigenvalue weighted by Gasteiger charge is 2.36. The zero-order valence-electron chi connectivity index (χ0n) is 11.3. The van der Waals surface area contributed by atoms with E-state index in [0.29, 0.717) is 0 Å². The lowest BCUT2D eigenvalue weighted by Crippen LogP contribution is -2.59. The summed E-state index contributed by atoms with van der Waals surface area (Å²) >= 11 is 0. The number of nitrogens with zero attached hydrogens (tertiary/aromatic N) is 2. The number of hydrogen-bond donors (Lipinski definition) is 1. The Balaban J connectivity index is 1.83. The van der Waals surface area contributed by atoms with Crippen LogP contribution in [0.1, 0.15) is 26.2 Å². The van der Waals surface area contributed by atoms with Gasteiger partial charge in [-0.2, -0.15) is 0 Å². The second kappa shape index (κ2) is 5.65. The Bertz CT molecular complexity index is 237. The second-order valence-corrected chi connectivity index (χ2v) is 5.70. The van der Waals surface area contributed by atoms with Gasteiger partial charge in [0.2, 0.25) is 0 Å². The van der Waals surface area contributed by atoms with Gasteiger partial charge in [0.15, 0.2) is 0 Å². The third-order valence-electron chi connectivity index (χ3n) is 4.43. The number of methoxy groups -OCH3 is 1. The first-order chi connectivity index (χ1) is 8.19. The Kier molecular flexibility index (Phi) is 4.42. The molecular weight excluding hydrogens is 214 g/mol. The van der Waals surface area contributed by atoms with Crippen LogP contribution in [-0.2, 0) is 4.74 Å². The first kappa shape index (κ1) is 13.3. The molecule has 0 radical (unpaired) electrons. The van der Waals surface area contributed by atoms with Gasteiger partial charge in [0.05, 0.1) is 0 Å². The predicted octanol–water partition coefficient (Wildman–Crippen LogP) is 0.520. The number of rotatable bonds is 6. The van der Waals surface area contributed by atoms with Gasteiger partial charge in [-0.15, -0.1) is 0 Å². The molecule has 2 aliphatic rings. The van der Waals surface area contributed by atoms with Crippen LogP contribution in [0.25, 0.3) is 0 Å². The van der Waals surface area contributed by atoms with Crippen molar-refractivity contribution in [3.05, 3.63) is 0 Å². The van der Waals surface area contributed by atoms with Crippen molar-refractivity contribution in [2.45, 2.75) is 37.8 Å². The Morgan fingerprint density at radius 2 is 1.88 bits per heavy atom. The van der Waals surface area contributed by atoms with E-state index in [0.717, 1.165) is 38.7 Å². The molecule has 0 amide bonds. The summed E-state index contributed by atoms with van der Waals surface area (Å²) in [4.78, 5) is 5.20. The molecule has 0 aromatic carbocycles. The molecule has 1 atom stereocenters. The standard InChI is InChI=1S/C13H27N3O/c1-13(11-14,5-10-17-2)16-8-6-15(7-9-16)12-3-4-12/h12H,3-11,14H2,1-2H3. The fourth-order valence-corrected chi connectivity index (χ4v) is 2.78. The maximum atomic E-state index is 5.97. The Morgan fingerprint density at radius 3 is 2.35 bits per heavy atom. The molecule has 100 valence electrons. The fraction of sp³-hybridized carbons (Fsp3) is 1.00. The van der Waals surface area contributed by atoms with Crippen LogP contribution in [0.2, 0.25) is 0 Å². The van der Waals surface area contributed by atoms with Crippen LogP contribution in [0, 0.1) is 0 Å². The average Bonchev–Trinajstić information content (AvgIpc) is 3.20. The Hall–Kier alpha value is -0.160. The SMILES string of the molecule is COCCC(C)(CN)N1CCN(C2CC2)CC1. The van der Waals surface area contributed by atoms with E-state index in [4.69, 9.17) is 10.5 Å². The molecule has 2 rings (SSSR count). The van der Waals surface area contributed by atoms with Gasteiger partial charge in [0.1, 0.15) is 0 Å². The van der Waals surface area contributed by atoms with Crippen LogP contribution in [0.5, 0.6) is 0 Å². The van der Waals surface area contributed by atoms with Crippen molar-refractivity contribution in [2.24, 2.45) is 5.73 Å². The van der Waals surface area contributed by atoms with Crippen molar-refractivity contribution in [1.82, 2.24) is 9.80 Å². The average molecular weight is 241 g/mol. The molecule has 0 aromatic heterocycles. The number of ether oxygens (including phenoxy) is 1. The Morgan fingerprint density at radius 1 is 1.24 bits per heavy atom. The van der Waals surface area contributed by atoms with Gasteiger partial charge >= 0.3 is 0 Å². The highest BCUT2D eigenvalue weighted by Crippen LogP contribution is 2.29. The van der Waals surface area contributed by atoms with E-state index in [-0.39, 0.29) is 5.54 Å². The topological polar surface area (TPSA) is 41.7 Å². The molecule has 1 heterocycles. The van der Waals surface area contributed by atoms with Crippen molar-refractivity contribution < 1.29 is 4.74 Å². The van der Waals surface area contributed by atoms with Crippen LogP contribution >= 0.6 is 0 Å². The lowest BCUT2D eigenvalue weighted by atomic mass is 9.95. The maximum Gasteiger partial charge on any atom is 0.0480 e. The lowest BCUT2D eigenvalue weighted by Gasteiger charge is -2.45. The monoisotopic (exact) mass is 241 g/mol. The van der Waals surface area contributed by atoms with Crippen molar-refractivity contribution in [3.63, 3.8) is 0 Å². The molecule has 17 heavy (non-hydrogen) atoms. The van der Waals surface area contributed by atoms with Gasteiger partial charge < -0.3 is 10.5 Å². The van der Waals surface area contributed by atoms with Gasteiger partial charge in [-0.25, -0.2) is 0 Å². The van der Waals surface area contributed by atoms with Crippen LogP contribution in [-0.4, -0.2) is 67.8 Å². The fourth-order valence-electron chi connectivity index (χ4n) is 2.78. The van der Waals surface area contributed by atoms with Crippen molar-refractivity contribution in [2.75, 3.05) is 46.4 Å². The highest BCUT2D eigenvalue weighted by atomic mass is 16.5. The minimum Gasteiger partial charge on any atom is -0.385 e. The van der Waals surface area contributed by atoms with Gasteiger partial charge in [0, 0.05) is 58.0 Å². The Labute approximate surface area is 105 Å². The molecule has 2 fully saturated rings. The minimum absolute atomic E-state index is 0.117. The normalized spacial score (nSPS) is 27.0. The smallest absolute Gasteiger partial charge is 0.0480 e. The number of nitrogens with two attached hydrogens (primary N) is 1. The van der Waals surface area contributed by atoms with Crippen molar-refractivity contribution in [3.8, 4) is 0 Å². The third-order valence-corrected chi connectivity index (χ3v) is 4.43. The number of piperazine rings is 1. The molecular formula is C13H27N3O. The zero-order valence-corrected chi connectivity index (χ0v) is 11.3. The summed E-state index contributed by atoms with van der Waals surface area (Å²) in [6.07, 6.45) is 3.86. The molecule has 4 nitrogen and oxygen atoms in total.